The number of likely N-dealkylation sites (N-methyl/N-ethyl adjacent to an activating group) is 1. The lowest BCUT2D eigenvalue weighted by molar-refractivity contribution is -0.0269. The summed E-state index contributed by atoms with van der Waals surface area (Å²) in [5.41, 5.74) is 2.14. The van der Waals surface area contributed by atoms with Crippen LogP contribution in [0.3, 0.4) is 0 Å². The monoisotopic (exact) mass is 649 g/mol. The Hall–Kier alpha value is -3.84. The third-order valence-electron chi connectivity index (χ3n) is 8.05. The maximum absolute atomic E-state index is 17.3. The van der Waals surface area contributed by atoms with Crippen molar-refractivity contribution in [3.63, 3.8) is 0 Å². The number of anilines is 1. The Bertz CT molecular complexity index is 1510. The highest BCUT2D eigenvalue weighted by Gasteiger charge is 2.49. The summed E-state index contributed by atoms with van der Waals surface area (Å²) in [6, 6.07) is 15.4. The second-order valence-electron chi connectivity index (χ2n) is 12.9. The lowest BCUT2D eigenvalue weighted by atomic mass is 10.1. The number of nitrogens with zero attached hydrogens (tertiary/aromatic N) is 4. The van der Waals surface area contributed by atoms with Gasteiger partial charge in [0.05, 0.1) is 6.61 Å². The molecular formula is C34H46FN6O4Si+. The first-order valence-corrected chi connectivity index (χ1v) is 19.8. The first kappa shape index (κ1) is 33.5. The summed E-state index contributed by atoms with van der Waals surface area (Å²) in [7, 11) is -1.37. The number of halogens is 1. The van der Waals surface area contributed by atoms with E-state index >= 15 is 4.48 Å². The van der Waals surface area contributed by atoms with E-state index in [0.717, 1.165) is 44.3 Å². The van der Waals surface area contributed by atoms with Crippen LogP contribution in [0, 0.1) is 0 Å². The van der Waals surface area contributed by atoms with Crippen molar-refractivity contribution in [2.45, 2.75) is 58.4 Å². The fourth-order valence-corrected chi connectivity index (χ4v) is 5.81. The number of hydrogen-bond donors (Lipinski definition) is 2. The number of hydrogen-bond acceptors (Lipinski definition) is 7. The van der Waals surface area contributed by atoms with Gasteiger partial charge in [-0.25, -0.2) is 9.78 Å². The highest BCUT2D eigenvalue weighted by atomic mass is 28.3. The fourth-order valence-electron chi connectivity index (χ4n) is 5.05. The summed E-state index contributed by atoms with van der Waals surface area (Å²) in [6.45, 7) is 14.7. The van der Waals surface area contributed by atoms with Crippen molar-refractivity contribution in [2.75, 3.05) is 44.9 Å². The number of rotatable bonds is 16. The van der Waals surface area contributed by atoms with Crippen molar-refractivity contribution in [3.05, 3.63) is 66.0 Å². The van der Waals surface area contributed by atoms with E-state index in [2.05, 4.69) is 59.0 Å². The van der Waals surface area contributed by atoms with Crippen molar-refractivity contribution < 1.29 is 23.5 Å². The number of ether oxygens (including phenoxy) is 3. The number of urea groups is 1. The molecule has 2 aromatic carbocycles. The molecule has 5 rings (SSSR count). The van der Waals surface area contributed by atoms with Gasteiger partial charge >= 0.3 is 6.03 Å². The van der Waals surface area contributed by atoms with E-state index in [1.165, 1.54) is 6.33 Å². The van der Waals surface area contributed by atoms with Crippen molar-refractivity contribution in [1.82, 2.24) is 24.9 Å². The van der Waals surface area contributed by atoms with Crippen LogP contribution in [0.25, 0.3) is 11.8 Å². The largest absolute Gasteiger partial charge is 0.492 e. The predicted molar refractivity (Wildman–Crippen MR) is 183 cm³/mol. The lowest BCUT2D eigenvalue weighted by Gasteiger charge is -2.24. The molecule has 1 saturated carbocycles. The van der Waals surface area contributed by atoms with Crippen LogP contribution in [0.15, 0.2) is 54.9 Å². The quantitative estimate of drug-likeness (QED) is 0.0956. The number of amides is 2. The topological polar surface area (TPSA) is 97.8 Å². The number of benzene rings is 2. The van der Waals surface area contributed by atoms with Gasteiger partial charge in [0.15, 0.2) is 5.70 Å². The Morgan fingerprint density at radius 1 is 1.00 bits per heavy atom. The summed E-state index contributed by atoms with van der Waals surface area (Å²) in [5.74, 6) is 1.60. The average molecular weight is 650 g/mol. The summed E-state index contributed by atoms with van der Waals surface area (Å²) in [4.78, 5) is 23.1. The maximum atomic E-state index is 17.3. The second-order valence-corrected chi connectivity index (χ2v) is 18.5. The minimum atomic E-state index is -1.37. The zero-order chi connectivity index (χ0) is 32.7. The SMILES string of the molecule is CCN(CC)CCOc1ccc(C2=Cc3c(Oc4ccc(NC(=O)NC5CC5)cc4)ncnc3[N+]2(F)COCC[Si](C)(C)C)cc1. The molecule has 2 aliphatic rings. The van der Waals surface area contributed by atoms with Crippen LogP contribution in [0.5, 0.6) is 17.4 Å². The first-order chi connectivity index (χ1) is 22.1. The Labute approximate surface area is 272 Å². The Morgan fingerprint density at radius 3 is 2.35 bits per heavy atom. The van der Waals surface area contributed by atoms with Crippen molar-refractivity contribution in [3.8, 4) is 17.4 Å². The highest BCUT2D eigenvalue weighted by Crippen LogP contribution is 2.47. The van der Waals surface area contributed by atoms with E-state index in [1.807, 2.05) is 24.3 Å². The third-order valence-corrected chi connectivity index (χ3v) is 9.75. The molecule has 1 aliphatic carbocycles. The Balaban J connectivity index is 1.35. The van der Waals surface area contributed by atoms with Gasteiger partial charge in [-0.3, -0.25) is 0 Å². The molecule has 1 aromatic heterocycles. The van der Waals surface area contributed by atoms with Gasteiger partial charge < -0.3 is 29.7 Å². The summed E-state index contributed by atoms with van der Waals surface area (Å²) >= 11 is 0. The standard InChI is InChI=1S/C34H45FN6O4Si/c1-6-40(7-2)18-19-44-28-14-8-25(9-15-28)31-22-30-32(41(31,35)24-43-20-21-46(3,4)5)36-23-37-33(30)45-29-16-12-27(13-17-29)39-34(42)38-26-10-11-26/h8-9,12-17,22-23,26H,6-7,10-11,18-21,24H2,1-5H3,(H-,38,39,42)/p+1. The normalized spacial score (nSPS) is 17.4. The van der Waals surface area contributed by atoms with Gasteiger partial charge in [0.2, 0.25) is 12.6 Å². The lowest BCUT2D eigenvalue weighted by Crippen LogP contribution is -2.40. The summed E-state index contributed by atoms with van der Waals surface area (Å²) < 4.78 is 34.2. The van der Waals surface area contributed by atoms with E-state index in [9.17, 15) is 4.79 Å². The molecular weight excluding hydrogens is 603 g/mol. The first-order valence-electron chi connectivity index (χ1n) is 16.1. The molecule has 0 saturated heterocycles. The van der Waals surface area contributed by atoms with Gasteiger partial charge in [0.25, 0.3) is 5.82 Å². The molecule has 0 spiro atoms. The molecule has 46 heavy (non-hydrogen) atoms. The second kappa shape index (κ2) is 14.7. The molecule has 1 atom stereocenters. The zero-order valence-electron chi connectivity index (χ0n) is 27.5. The number of carbonyl (C=O) groups is 1. The number of quaternary nitrogens is 1. The number of fused-ring (bicyclic) bond motifs is 1. The minimum Gasteiger partial charge on any atom is -0.492 e. The Morgan fingerprint density at radius 2 is 1.70 bits per heavy atom. The molecule has 10 nitrogen and oxygen atoms in total. The van der Waals surface area contributed by atoms with Gasteiger partial charge in [0.1, 0.15) is 30.0 Å². The predicted octanol–water partition coefficient (Wildman–Crippen LogP) is 7.29. The van der Waals surface area contributed by atoms with Crippen molar-refractivity contribution in [1.29, 1.82) is 0 Å². The van der Waals surface area contributed by atoms with Crippen LogP contribution in [0.4, 0.5) is 20.8 Å². The molecule has 1 unspecified atom stereocenters. The average Bonchev–Trinajstić information content (AvgIpc) is 3.80. The molecule has 0 radical (unpaired) electrons. The molecule has 246 valence electrons. The summed E-state index contributed by atoms with van der Waals surface area (Å²) in [5, 5.41) is 5.72. The minimum absolute atomic E-state index is 0.155. The van der Waals surface area contributed by atoms with Crippen LogP contribution >= 0.6 is 0 Å². The smallest absolute Gasteiger partial charge is 0.319 e. The number of nitrogens with one attached hydrogen (secondary N) is 2. The molecule has 12 heteroatoms. The fraction of sp³-hybridized carbons (Fsp3) is 0.441. The van der Waals surface area contributed by atoms with Gasteiger partial charge in [-0.05, 0) is 85.2 Å². The maximum Gasteiger partial charge on any atom is 0.319 e. The van der Waals surface area contributed by atoms with Gasteiger partial charge in [-0.15, -0.1) is 0 Å². The molecule has 3 aromatic rings. The summed E-state index contributed by atoms with van der Waals surface area (Å²) in [6.07, 6.45) is 5.07. The Kier molecular flexibility index (Phi) is 10.7. The third kappa shape index (κ3) is 8.69. The van der Waals surface area contributed by atoms with E-state index < -0.39 is 12.8 Å². The van der Waals surface area contributed by atoms with Gasteiger partial charge in [-0.1, -0.05) is 33.5 Å². The van der Waals surface area contributed by atoms with Crippen LogP contribution in [-0.2, 0) is 4.74 Å². The van der Waals surface area contributed by atoms with Gasteiger partial charge in [0, 0.05) is 42.5 Å². The molecule has 2 heterocycles. The van der Waals surface area contributed by atoms with E-state index in [1.54, 1.807) is 30.3 Å². The van der Waals surface area contributed by atoms with Crippen LogP contribution in [0.1, 0.15) is 37.8 Å². The highest BCUT2D eigenvalue weighted by molar-refractivity contribution is 6.76. The molecule has 2 amide bonds. The number of carbonyl (C=O) groups excluding carboxylic acids is 1. The van der Waals surface area contributed by atoms with E-state index in [-0.39, 0.29) is 30.5 Å². The van der Waals surface area contributed by atoms with Crippen molar-refractivity contribution in [2.24, 2.45) is 0 Å². The van der Waals surface area contributed by atoms with Crippen LogP contribution < -0.4 is 24.8 Å². The molecule has 1 fully saturated rings. The van der Waals surface area contributed by atoms with Gasteiger partial charge in [-0.2, -0.15) is 4.98 Å². The van der Waals surface area contributed by atoms with E-state index in [0.29, 0.717) is 41.5 Å². The van der Waals surface area contributed by atoms with E-state index in [4.69, 9.17) is 14.2 Å². The molecule has 1 aliphatic heterocycles. The van der Waals surface area contributed by atoms with Crippen LogP contribution in [-0.4, -0.2) is 74.6 Å². The molecule has 2 N–H and O–H groups in total. The van der Waals surface area contributed by atoms with Crippen LogP contribution in [0.2, 0.25) is 25.7 Å². The van der Waals surface area contributed by atoms with Crippen molar-refractivity contribution >= 4 is 37.4 Å². The molecule has 0 bridgehead atoms. The number of aromatic nitrogens is 2. The zero-order valence-corrected chi connectivity index (χ0v) is 28.5.